The number of carbonyl (C=O) groups is 2. The first-order valence-corrected chi connectivity index (χ1v) is 7.02. The van der Waals surface area contributed by atoms with Crippen molar-refractivity contribution in [2.75, 3.05) is 6.54 Å². The lowest BCUT2D eigenvalue weighted by molar-refractivity contribution is 0.0677. The third-order valence-electron chi connectivity index (χ3n) is 3.85. The number of aryl methyl sites for hydroxylation is 1. The lowest BCUT2D eigenvalue weighted by Gasteiger charge is -2.26. The summed E-state index contributed by atoms with van der Waals surface area (Å²) >= 11 is 0. The van der Waals surface area contributed by atoms with Crippen LogP contribution in [0, 0.1) is 6.92 Å². The van der Waals surface area contributed by atoms with Gasteiger partial charge in [-0.2, -0.15) is 0 Å². The van der Waals surface area contributed by atoms with E-state index >= 15 is 0 Å². The fourth-order valence-electron chi connectivity index (χ4n) is 2.63. The predicted octanol–water partition coefficient (Wildman–Crippen LogP) is 2.49. The van der Waals surface area contributed by atoms with Crippen LogP contribution in [-0.2, 0) is 0 Å². The summed E-state index contributed by atoms with van der Waals surface area (Å²) < 4.78 is 0. The quantitative estimate of drug-likeness (QED) is 0.901. The Morgan fingerprint density at radius 3 is 2.70 bits per heavy atom. The molecule has 1 aliphatic rings. The highest BCUT2D eigenvalue weighted by molar-refractivity contribution is 5.94. The summed E-state index contributed by atoms with van der Waals surface area (Å²) in [4.78, 5) is 29.5. The van der Waals surface area contributed by atoms with Gasteiger partial charge in [0.15, 0.2) is 0 Å². The van der Waals surface area contributed by atoms with E-state index in [0.29, 0.717) is 11.4 Å². The summed E-state index contributed by atoms with van der Waals surface area (Å²) in [5.74, 6) is -1.11. The van der Waals surface area contributed by atoms with Crippen LogP contribution >= 0.6 is 0 Å². The van der Waals surface area contributed by atoms with E-state index < -0.39 is 5.97 Å². The number of hydrogen-bond donors (Lipinski definition) is 1. The second-order valence-corrected chi connectivity index (χ2v) is 5.33. The van der Waals surface area contributed by atoms with E-state index in [4.69, 9.17) is 5.11 Å². The minimum Gasteiger partial charge on any atom is -0.478 e. The third-order valence-corrected chi connectivity index (χ3v) is 3.85. The molecule has 0 spiro atoms. The summed E-state index contributed by atoms with van der Waals surface area (Å²) in [5, 5.41) is 8.99. The van der Waals surface area contributed by atoms with Crippen LogP contribution < -0.4 is 0 Å². The molecule has 1 atom stereocenters. The Labute approximate surface area is 118 Å². The first kappa shape index (κ1) is 14.5. The molecule has 1 fully saturated rings. The minimum absolute atomic E-state index is 0.0977. The van der Waals surface area contributed by atoms with Gasteiger partial charge in [0.25, 0.3) is 5.91 Å². The second-order valence-electron chi connectivity index (χ2n) is 5.33. The van der Waals surface area contributed by atoms with E-state index in [0.717, 1.165) is 32.2 Å². The van der Waals surface area contributed by atoms with Crippen LogP contribution in [0.4, 0.5) is 0 Å². The molecule has 0 aromatic carbocycles. The number of amides is 1. The smallest absolute Gasteiger partial charge is 0.337 e. The number of carboxylic acids is 1. The number of rotatable bonds is 2. The van der Waals surface area contributed by atoms with Gasteiger partial charge in [0.05, 0.1) is 11.3 Å². The van der Waals surface area contributed by atoms with Crippen LogP contribution in [0.5, 0.6) is 0 Å². The second kappa shape index (κ2) is 6.03. The number of aromatic carboxylic acids is 1. The van der Waals surface area contributed by atoms with E-state index in [9.17, 15) is 9.59 Å². The zero-order valence-electron chi connectivity index (χ0n) is 11.9. The Morgan fingerprint density at radius 1 is 1.30 bits per heavy atom. The van der Waals surface area contributed by atoms with Crippen molar-refractivity contribution in [1.29, 1.82) is 0 Å². The van der Waals surface area contributed by atoms with Gasteiger partial charge < -0.3 is 10.0 Å². The molecule has 1 aromatic heterocycles. The number of nitrogens with zero attached hydrogens (tertiary/aromatic N) is 2. The molecule has 1 unspecified atom stereocenters. The molecule has 2 rings (SSSR count). The Hall–Kier alpha value is -1.91. The molecule has 0 bridgehead atoms. The summed E-state index contributed by atoms with van der Waals surface area (Å²) in [6, 6.07) is 3.18. The fourth-order valence-corrected chi connectivity index (χ4v) is 2.63. The number of aromatic nitrogens is 1. The normalized spacial score (nSPS) is 19.5. The first-order valence-electron chi connectivity index (χ1n) is 7.02. The van der Waals surface area contributed by atoms with Crippen LogP contribution in [0.2, 0.25) is 0 Å². The van der Waals surface area contributed by atoms with Crippen molar-refractivity contribution in [2.45, 2.75) is 45.6 Å². The predicted molar refractivity (Wildman–Crippen MR) is 74.9 cm³/mol. The fraction of sp³-hybridized carbons (Fsp3) is 0.533. The lowest BCUT2D eigenvalue weighted by atomic mass is 10.1. The van der Waals surface area contributed by atoms with Crippen molar-refractivity contribution in [3.63, 3.8) is 0 Å². The van der Waals surface area contributed by atoms with Crippen molar-refractivity contribution in [1.82, 2.24) is 9.88 Å². The minimum atomic E-state index is -1.02. The Kier molecular flexibility index (Phi) is 4.37. The van der Waals surface area contributed by atoms with Crippen molar-refractivity contribution in [2.24, 2.45) is 0 Å². The van der Waals surface area contributed by atoms with Gasteiger partial charge >= 0.3 is 5.97 Å². The molecule has 1 aromatic rings. The lowest BCUT2D eigenvalue weighted by Crippen LogP contribution is -2.38. The standard InChI is InChI=1S/C15H20N2O3/c1-10-6-4-3-5-9-17(10)14(18)13-8-7-12(15(19)20)11(2)16-13/h7-8,10H,3-6,9H2,1-2H3,(H,19,20). The summed E-state index contributed by atoms with van der Waals surface area (Å²) in [7, 11) is 0. The molecule has 1 aliphatic heterocycles. The first-order chi connectivity index (χ1) is 9.50. The topological polar surface area (TPSA) is 70.5 Å². The van der Waals surface area contributed by atoms with Crippen LogP contribution in [0.1, 0.15) is 59.1 Å². The van der Waals surface area contributed by atoms with E-state index in [2.05, 4.69) is 11.9 Å². The van der Waals surface area contributed by atoms with Crippen LogP contribution in [0.3, 0.4) is 0 Å². The SMILES string of the molecule is Cc1nc(C(=O)N2CCCCCC2C)ccc1C(=O)O. The van der Waals surface area contributed by atoms with Crippen molar-refractivity contribution in [3.05, 3.63) is 29.1 Å². The van der Waals surface area contributed by atoms with Gasteiger partial charge in [-0.3, -0.25) is 4.79 Å². The number of likely N-dealkylation sites (tertiary alicyclic amines) is 1. The molecule has 0 aliphatic carbocycles. The van der Waals surface area contributed by atoms with E-state index in [-0.39, 0.29) is 17.5 Å². The largest absolute Gasteiger partial charge is 0.478 e. The van der Waals surface area contributed by atoms with Gasteiger partial charge in [0.1, 0.15) is 5.69 Å². The zero-order chi connectivity index (χ0) is 14.7. The van der Waals surface area contributed by atoms with E-state index in [1.165, 1.54) is 12.1 Å². The molecule has 1 amide bonds. The molecule has 1 N–H and O–H groups in total. The average molecular weight is 276 g/mol. The molecule has 5 nitrogen and oxygen atoms in total. The highest BCUT2D eigenvalue weighted by atomic mass is 16.4. The van der Waals surface area contributed by atoms with Gasteiger partial charge in [-0.15, -0.1) is 0 Å². The highest BCUT2D eigenvalue weighted by Crippen LogP contribution is 2.19. The summed E-state index contributed by atoms with van der Waals surface area (Å²) in [6.45, 7) is 4.43. The van der Waals surface area contributed by atoms with E-state index in [1.54, 1.807) is 6.92 Å². The van der Waals surface area contributed by atoms with Gasteiger partial charge in [-0.1, -0.05) is 12.8 Å². The average Bonchev–Trinajstić information content (AvgIpc) is 2.62. The number of carboxylic acid groups (broad SMARTS) is 1. The van der Waals surface area contributed by atoms with Crippen LogP contribution in [-0.4, -0.2) is 39.5 Å². The number of carbonyl (C=O) groups excluding carboxylic acids is 1. The third kappa shape index (κ3) is 2.98. The number of pyridine rings is 1. The van der Waals surface area contributed by atoms with Crippen molar-refractivity contribution in [3.8, 4) is 0 Å². The Balaban J connectivity index is 2.24. The zero-order valence-corrected chi connectivity index (χ0v) is 11.9. The summed E-state index contributed by atoms with van der Waals surface area (Å²) in [6.07, 6.45) is 4.33. The summed E-state index contributed by atoms with van der Waals surface area (Å²) in [5.41, 5.74) is 0.859. The molecule has 108 valence electrons. The van der Waals surface area contributed by atoms with Crippen molar-refractivity contribution >= 4 is 11.9 Å². The molecule has 0 radical (unpaired) electrons. The van der Waals surface area contributed by atoms with E-state index in [1.807, 2.05) is 4.90 Å². The Bertz CT molecular complexity index is 528. The van der Waals surface area contributed by atoms with Gasteiger partial charge in [0, 0.05) is 12.6 Å². The highest BCUT2D eigenvalue weighted by Gasteiger charge is 2.24. The molecule has 0 saturated carbocycles. The molecular formula is C15H20N2O3. The molecule has 2 heterocycles. The van der Waals surface area contributed by atoms with Crippen LogP contribution in [0.25, 0.3) is 0 Å². The maximum Gasteiger partial charge on any atom is 0.337 e. The number of hydrogen-bond acceptors (Lipinski definition) is 3. The van der Waals surface area contributed by atoms with Gasteiger partial charge in [-0.05, 0) is 38.8 Å². The monoisotopic (exact) mass is 276 g/mol. The molecule has 5 heteroatoms. The molecular weight excluding hydrogens is 256 g/mol. The van der Waals surface area contributed by atoms with Crippen molar-refractivity contribution < 1.29 is 14.7 Å². The van der Waals surface area contributed by atoms with Gasteiger partial charge in [-0.25, -0.2) is 9.78 Å². The molecule has 20 heavy (non-hydrogen) atoms. The maximum absolute atomic E-state index is 12.5. The van der Waals surface area contributed by atoms with Gasteiger partial charge in [0.2, 0.25) is 0 Å². The Morgan fingerprint density at radius 2 is 2.05 bits per heavy atom. The molecule has 1 saturated heterocycles. The maximum atomic E-state index is 12.5. The van der Waals surface area contributed by atoms with Crippen LogP contribution in [0.15, 0.2) is 12.1 Å².